The molecule has 0 radical (unpaired) electrons. The highest BCUT2D eigenvalue weighted by molar-refractivity contribution is 6.05. The van der Waals surface area contributed by atoms with Gasteiger partial charge in [0.2, 0.25) is 0 Å². The molecule has 1 aromatic carbocycles. The summed E-state index contributed by atoms with van der Waals surface area (Å²) in [6.07, 6.45) is 1.44. The normalized spacial score (nSPS) is 10.5. The molecule has 2 heterocycles. The van der Waals surface area contributed by atoms with Crippen LogP contribution in [0, 0.1) is 6.92 Å². The molecule has 0 fully saturated rings. The van der Waals surface area contributed by atoms with Crippen molar-refractivity contribution in [3.8, 4) is 0 Å². The molecule has 0 saturated heterocycles. The van der Waals surface area contributed by atoms with E-state index in [1.807, 2.05) is 25.1 Å². The van der Waals surface area contributed by atoms with Crippen LogP contribution in [0.1, 0.15) is 33.3 Å². The second-order valence-electron chi connectivity index (χ2n) is 5.62. The number of nitrogens with one attached hydrogen (secondary N) is 1. The quantitative estimate of drug-likeness (QED) is 0.579. The summed E-state index contributed by atoms with van der Waals surface area (Å²) in [5.74, 6) is -0.533. The number of anilines is 2. The van der Waals surface area contributed by atoms with Crippen molar-refractivity contribution in [2.24, 2.45) is 0 Å². The fourth-order valence-corrected chi connectivity index (χ4v) is 2.53. The van der Waals surface area contributed by atoms with E-state index >= 15 is 0 Å². The fraction of sp³-hybridized carbons (Fsp3) is 0.158. The monoisotopic (exact) mass is 335 g/mol. The highest BCUT2D eigenvalue weighted by atomic mass is 16.5. The molecule has 0 bridgehead atoms. The SMILES string of the molecule is COC(=O)c1cnc2nc(C)ccc2c1Nc1cccc(C(C)=O)c1. The second-order valence-corrected chi connectivity index (χ2v) is 5.62. The van der Waals surface area contributed by atoms with Crippen LogP contribution in [0.5, 0.6) is 0 Å². The Hall–Kier alpha value is -3.28. The van der Waals surface area contributed by atoms with Crippen molar-refractivity contribution in [2.75, 3.05) is 12.4 Å². The van der Waals surface area contributed by atoms with E-state index in [4.69, 9.17) is 4.74 Å². The zero-order chi connectivity index (χ0) is 18.0. The van der Waals surface area contributed by atoms with Gasteiger partial charge in [0.15, 0.2) is 11.4 Å². The van der Waals surface area contributed by atoms with Crippen LogP contribution in [-0.2, 0) is 4.74 Å². The molecule has 2 aromatic heterocycles. The molecule has 0 aliphatic carbocycles. The summed E-state index contributed by atoms with van der Waals surface area (Å²) in [5, 5.41) is 3.91. The lowest BCUT2D eigenvalue weighted by molar-refractivity contribution is 0.0601. The molecule has 1 N–H and O–H groups in total. The number of carbonyl (C=O) groups is 2. The topological polar surface area (TPSA) is 81.2 Å². The van der Waals surface area contributed by atoms with Gasteiger partial charge < -0.3 is 10.1 Å². The van der Waals surface area contributed by atoms with Gasteiger partial charge in [0.05, 0.1) is 12.8 Å². The van der Waals surface area contributed by atoms with Gasteiger partial charge in [-0.3, -0.25) is 4.79 Å². The summed E-state index contributed by atoms with van der Waals surface area (Å²) in [4.78, 5) is 32.4. The summed E-state index contributed by atoms with van der Waals surface area (Å²) < 4.78 is 4.86. The first-order valence-electron chi connectivity index (χ1n) is 7.72. The zero-order valence-corrected chi connectivity index (χ0v) is 14.2. The number of methoxy groups -OCH3 is 1. The Kier molecular flexibility index (Phi) is 4.43. The predicted molar refractivity (Wildman–Crippen MR) is 95.3 cm³/mol. The van der Waals surface area contributed by atoms with Crippen molar-refractivity contribution in [1.29, 1.82) is 0 Å². The van der Waals surface area contributed by atoms with Crippen LogP contribution in [-0.4, -0.2) is 28.8 Å². The third-order valence-corrected chi connectivity index (χ3v) is 3.81. The van der Waals surface area contributed by atoms with Gasteiger partial charge in [-0.25, -0.2) is 14.8 Å². The Bertz CT molecular complexity index is 983. The lowest BCUT2D eigenvalue weighted by Crippen LogP contribution is -2.08. The average Bonchev–Trinajstić information content (AvgIpc) is 2.61. The lowest BCUT2D eigenvalue weighted by atomic mass is 10.1. The van der Waals surface area contributed by atoms with Crippen LogP contribution < -0.4 is 5.32 Å². The molecule has 0 unspecified atom stereocenters. The summed E-state index contributed by atoms with van der Waals surface area (Å²) in [7, 11) is 1.32. The summed E-state index contributed by atoms with van der Waals surface area (Å²) in [6, 6.07) is 10.8. The Morgan fingerprint density at radius 3 is 2.68 bits per heavy atom. The summed E-state index contributed by atoms with van der Waals surface area (Å²) >= 11 is 0. The third kappa shape index (κ3) is 3.33. The number of carbonyl (C=O) groups excluding carboxylic acids is 2. The minimum atomic E-state index is -0.500. The molecule has 0 atom stereocenters. The van der Waals surface area contributed by atoms with Gasteiger partial charge in [-0.2, -0.15) is 0 Å². The van der Waals surface area contributed by atoms with Gasteiger partial charge >= 0.3 is 5.97 Å². The number of ketones is 1. The van der Waals surface area contributed by atoms with E-state index in [-0.39, 0.29) is 5.78 Å². The van der Waals surface area contributed by atoms with Gasteiger partial charge in [0.1, 0.15) is 5.56 Å². The number of benzene rings is 1. The van der Waals surface area contributed by atoms with Gasteiger partial charge in [-0.1, -0.05) is 12.1 Å². The number of hydrogen-bond donors (Lipinski definition) is 1. The van der Waals surface area contributed by atoms with Crippen LogP contribution in [0.4, 0.5) is 11.4 Å². The maximum atomic E-state index is 12.1. The van der Waals surface area contributed by atoms with Crippen LogP contribution in [0.3, 0.4) is 0 Å². The van der Waals surface area contributed by atoms with Gasteiger partial charge in [0, 0.05) is 28.5 Å². The second kappa shape index (κ2) is 6.68. The van der Waals surface area contributed by atoms with E-state index in [1.54, 1.807) is 18.2 Å². The smallest absolute Gasteiger partial charge is 0.341 e. The Morgan fingerprint density at radius 1 is 1.16 bits per heavy atom. The molecular formula is C19H17N3O3. The molecule has 0 aliphatic heterocycles. The van der Waals surface area contributed by atoms with Crippen LogP contribution in [0.25, 0.3) is 11.0 Å². The lowest BCUT2D eigenvalue weighted by Gasteiger charge is -2.14. The Morgan fingerprint density at radius 2 is 1.96 bits per heavy atom. The van der Waals surface area contributed by atoms with Gasteiger partial charge in [0.25, 0.3) is 0 Å². The number of fused-ring (bicyclic) bond motifs is 1. The van der Waals surface area contributed by atoms with Crippen molar-refractivity contribution in [3.63, 3.8) is 0 Å². The molecule has 0 saturated carbocycles. The number of ether oxygens (including phenoxy) is 1. The van der Waals surface area contributed by atoms with E-state index < -0.39 is 5.97 Å². The Balaban J connectivity index is 2.16. The minimum absolute atomic E-state index is 0.0336. The first-order chi connectivity index (χ1) is 12.0. The maximum absolute atomic E-state index is 12.1. The zero-order valence-electron chi connectivity index (χ0n) is 14.2. The van der Waals surface area contributed by atoms with Crippen molar-refractivity contribution in [1.82, 2.24) is 9.97 Å². The van der Waals surface area contributed by atoms with Crippen LogP contribution >= 0.6 is 0 Å². The number of aryl methyl sites for hydroxylation is 1. The third-order valence-electron chi connectivity index (χ3n) is 3.81. The van der Waals surface area contributed by atoms with Crippen molar-refractivity contribution in [3.05, 3.63) is 59.4 Å². The molecule has 3 aromatic rings. The molecular weight excluding hydrogens is 318 g/mol. The van der Waals surface area contributed by atoms with Gasteiger partial charge in [-0.05, 0) is 38.1 Å². The van der Waals surface area contributed by atoms with Crippen LogP contribution in [0.2, 0.25) is 0 Å². The molecule has 0 aliphatic rings. The highest BCUT2D eigenvalue weighted by Crippen LogP contribution is 2.29. The highest BCUT2D eigenvalue weighted by Gasteiger charge is 2.17. The molecule has 6 heteroatoms. The molecule has 0 amide bonds. The van der Waals surface area contributed by atoms with E-state index in [0.29, 0.717) is 33.5 Å². The average molecular weight is 335 g/mol. The van der Waals surface area contributed by atoms with E-state index in [1.165, 1.54) is 20.2 Å². The number of esters is 1. The van der Waals surface area contributed by atoms with Crippen molar-refractivity contribution in [2.45, 2.75) is 13.8 Å². The number of hydrogen-bond acceptors (Lipinski definition) is 6. The molecule has 6 nitrogen and oxygen atoms in total. The predicted octanol–water partition coefficient (Wildman–Crippen LogP) is 3.67. The number of Topliss-reactive ketones (excluding diaryl/α,β-unsaturated/α-hetero) is 1. The largest absolute Gasteiger partial charge is 0.465 e. The van der Waals surface area contributed by atoms with Crippen LogP contribution in [0.15, 0.2) is 42.6 Å². The van der Waals surface area contributed by atoms with E-state index in [0.717, 1.165) is 5.69 Å². The summed E-state index contributed by atoms with van der Waals surface area (Å²) in [5.41, 5.74) is 3.47. The fourth-order valence-electron chi connectivity index (χ4n) is 2.53. The summed E-state index contributed by atoms with van der Waals surface area (Å²) in [6.45, 7) is 3.38. The first-order valence-corrected chi connectivity index (χ1v) is 7.72. The number of rotatable bonds is 4. The van der Waals surface area contributed by atoms with Gasteiger partial charge in [-0.15, -0.1) is 0 Å². The maximum Gasteiger partial charge on any atom is 0.341 e. The number of nitrogens with zero attached hydrogens (tertiary/aromatic N) is 2. The molecule has 0 spiro atoms. The van der Waals surface area contributed by atoms with E-state index in [2.05, 4.69) is 15.3 Å². The first kappa shape index (κ1) is 16.6. The Labute approximate surface area is 144 Å². The minimum Gasteiger partial charge on any atom is -0.465 e. The number of pyridine rings is 2. The van der Waals surface area contributed by atoms with E-state index in [9.17, 15) is 9.59 Å². The molecule has 25 heavy (non-hydrogen) atoms. The standard InChI is InChI=1S/C19H17N3O3/c1-11-7-8-15-17(16(19(24)25-3)10-20-18(15)21-11)22-14-6-4-5-13(9-14)12(2)23/h4-10H,1-3H3,(H,20,21,22). The van der Waals surface area contributed by atoms with Crippen molar-refractivity contribution < 1.29 is 14.3 Å². The number of aromatic nitrogens is 2. The molecule has 126 valence electrons. The van der Waals surface area contributed by atoms with Crippen molar-refractivity contribution >= 4 is 34.2 Å². The molecule has 3 rings (SSSR count).